The number of aromatic hydroxyl groups is 1. The largest absolute Gasteiger partial charge is 0.507 e. The van der Waals surface area contributed by atoms with E-state index in [0.29, 0.717) is 32.0 Å². The molecule has 0 spiro atoms. The van der Waals surface area contributed by atoms with E-state index in [-0.39, 0.29) is 17.2 Å². The highest BCUT2D eigenvalue weighted by atomic mass is 16.5. The molecule has 3 N–H and O–H groups in total. The van der Waals surface area contributed by atoms with Crippen molar-refractivity contribution in [3.8, 4) is 11.4 Å². The summed E-state index contributed by atoms with van der Waals surface area (Å²) in [7, 11) is 0. The molecule has 138 valence electrons. The van der Waals surface area contributed by atoms with E-state index in [0.717, 1.165) is 0 Å². The minimum Gasteiger partial charge on any atom is -0.507 e. The van der Waals surface area contributed by atoms with E-state index in [1.165, 1.54) is 12.1 Å². The van der Waals surface area contributed by atoms with Crippen molar-refractivity contribution in [3.05, 3.63) is 48.3 Å². The maximum atomic E-state index is 12.6. The van der Waals surface area contributed by atoms with Crippen LogP contribution in [0.1, 0.15) is 10.4 Å². The quantitative estimate of drug-likeness (QED) is 0.704. The van der Waals surface area contributed by atoms with Crippen LogP contribution < -0.4 is 5.32 Å². The molecule has 1 aromatic heterocycles. The summed E-state index contributed by atoms with van der Waals surface area (Å²) < 4.78 is 6.99. The van der Waals surface area contributed by atoms with E-state index in [9.17, 15) is 19.8 Å². The van der Waals surface area contributed by atoms with Crippen molar-refractivity contribution >= 4 is 11.8 Å². The van der Waals surface area contributed by atoms with E-state index >= 15 is 0 Å². The fraction of sp³-hybridized carbons (Fsp3) is 0.333. The van der Waals surface area contributed by atoms with Crippen LogP contribution in [0, 0.1) is 0 Å². The number of aliphatic hydroxyl groups excluding tert-OH is 1. The molecule has 0 aliphatic carbocycles. The van der Waals surface area contributed by atoms with Gasteiger partial charge in [0.15, 0.2) is 0 Å². The number of rotatable bonds is 5. The van der Waals surface area contributed by atoms with Crippen molar-refractivity contribution in [1.82, 2.24) is 14.8 Å². The second-order valence-corrected chi connectivity index (χ2v) is 5.94. The van der Waals surface area contributed by atoms with Crippen LogP contribution in [0.3, 0.4) is 0 Å². The molecular formula is C18H21N3O5. The number of amides is 2. The molecule has 1 aliphatic heterocycles. The number of ether oxygens (including phenoxy) is 1. The molecule has 2 heterocycles. The topological polar surface area (TPSA) is 104 Å². The molecule has 8 nitrogen and oxygen atoms in total. The smallest absolute Gasteiger partial charge is 0.255 e. The van der Waals surface area contributed by atoms with Crippen molar-refractivity contribution < 1.29 is 24.5 Å². The molecule has 1 aromatic carbocycles. The van der Waals surface area contributed by atoms with Gasteiger partial charge in [-0.25, -0.2) is 0 Å². The molecule has 2 amide bonds. The molecule has 0 saturated carbocycles. The van der Waals surface area contributed by atoms with Gasteiger partial charge in [-0.15, -0.1) is 0 Å². The first-order valence-corrected chi connectivity index (χ1v) is 8.35. The van der Waals surface area contributed by atoms with Crippen molar-refractivity contribution in [1.29, 1.82) is 0 Å². The molecule has 2 aromatic rings. The van der Waals surface area contributed by atoms with Crippen LogP contribution in [-0.4, -0.2) is 70.4 Å². The first-order valence-electron chi connectivity index (χ1n) is 8.35. The zero-order chi connectivity index (χ0) is 18.5. The molecule has 1 fully saturated rings. The van der Waals surface area contributed by atoms with Gasteiger partial charge in [-0.1, -0.05) is 0 Å². The Morgan fingerprint density at radius 1 is 1.19 bits per heavy atom. The Morgan fingerprint density at radius 2 is 1.88 bits per heavy atom. The van der Waals surface area contributed by atoms with Crippen LogP contribution in [-0.2, 0) is 9.53 Å². The second kappa shape index (κ2) is 8.03. The van der Waals surface area contributed by atoms with E-state index in [1.54, 1.807) is 15.5 Å². The molecule has 0 unspecified atom stereocenters. The molecule has 0 bridgehead atoms. The van der Waals surface area contributed by atoms with E-state index in [1.807, 2.05) is 24.5 Å². The molecule has 0 radical (unpaired) electrons. The van der Waals surface area contributed by atoms with Crippen molar-refractivity contribution in [3.63, 3.8) is 0 Å². The molecule has 1 aliphatic rings. The Labute approximate surface area is 150 Å². The van der Waals surface area contributed by atoms with Gasteiger partial charge in [0.05, 0.1) is 25.4 Å². The van der Waals surface area contributed by atoms with E-state index in [2.05, 4.69) is 5.32 Å². The zero-order valence-electron chi connectivity index (χ0n) is 14.2. The van der Waals surface area contributed by atoms with Crippen LogP contribution in [0.15, 0.2) is 42.7 Å². The lowest BCUT2D eigenvalue weighted by molar-refractivity contribution is -0.138. The Morgan fingerprint density at radius 3 is 2.54 bits per heavy atom. The van der Waals surface area contributed by atoms with Gasteiger partial charge in [0, 0.05) is 31.2 Å². The number of hydrogen-bond acceptors (Lipinski definition) is 5. The summed E-state index contributed by atoms with van der Waals surface area (Å²) in [6.07, 6.45) is 3.62. The van der Waals surface area contributed by atoms with Crippen LogP contribution >= 0.6 is 0 Å². The number of hydrogen-bond donors (Lipinski definition) is 3. The molecule has 3 rings (SSSR count). The Hall–Kier alpha value is -2.84. The van der Waals surface area contributed by atoms with Gasteiger partial charge >= 0.3 is 0 Å². The van der Waals surface area contributed by atoms with Crippen LogP contribution in [0.25, 0.3) is 5.69 Å². The maximum Gasteiger partial charge on any atom is 0.255 e. The zero-order valence-corrected chi connectivity index (χ0v) is 14.2. The minimum atomic E-state index is -1.07. The third-order valence-electron chi connectivity index (χ3n) is 4.24. The lowest BCUT2D eigenvalue weighted by atomic mass is 10.1. The van der Waals surface area contributed by atoms with E-state index < -0.39 is 18.6 Å². The minimum absolute atomic E-state index is 0.0319. The number of morpholine rings is 1. The predicted molar refractivity (Wildman–Crippen MR) is 93.2 cm³/mol. The van der Waals surface area contributed by atoms with Gasteiger partial charge in [-0.3, -0.25) is 9.59 Å². The molecular weight excluding hydrogens is 338 g/mol. The monoisotopic (exact) mass is 359 g/mol. The lowest BCUT2D eigenvalue weighted by Gasteiger charge is -2.30. The van der Waals surface area contributed by atoms with Crippen molar-refractivity contribution in [2.75, 3.05) is 32.9 Å². The summed E-state index contributed by atoms with van der Waals surface area (Å²) >= 11 is 0. The summed E-state index contributed by atoms with van der Waals surface area (Å²) in [5, 5.41) is 22.1. The molecule has 1 atom stereocenters. The van der Waals surface area contributed by atoms with Gasteiger partial charge in [-0.2, -0.15) is 0 Å². The maximum absolute atomic E-state index is 12.6. The number of phenols is 1. The van der Waals surface area contributed by atoms with Gasteiger partial charge in [0.25, 0.3) is 5.91 Å². The summed E-state index contributed by atoms with van der Waals surface area (Å²) in [6.45, 7) is 1.16. The van der Waals surface area contributed by atoms with Crippen molar-refractivity contribution in [2.24, 2.45) is 0 Å². The second-order valence-electron chi connectivity index (χ2n) is 5.94. The third kappa shape index (κ3) is 3.87. The fourth-order valence-corrected chi connectivity index (χ4v) is 2.80. The number of carbonyl (C=O) groups excluding carboxylic acids is 2. The highest BCUT2D eigenvalue weighted by molar-refractivity contribution is 6.00. The number of carbonyl (C=O) groups is 2. The van der Waals surface area contributed by atoms with Crippen molar-refractivity contribution in [2.45, 2.75) is 6.04 Å². The summed E-state index contributed by atoms with van der Waals surface area (Å²) in [6, 6.07) is 7.23. The number of benzene rings is 1. The molecule has 26 heavy (non-hydrogen) atoms. The number of aromatic nitrogens is 1. The summed E-state index contributed by atoms with van der Waals surface area (Å²) in [5.41, 5.74) is 0.724. The number of aliphatic hydroxyl groups is 1. The van der Waals surface area contributed by atoms with Gasteiger partial charge < -0.3 is 29.7 Å². The van der Waals surface area contributed by atoms with Gasteiger partial charge in [0.2, 0.25) is 5.91 Å². The molecule has 8 heteroatoms. The third-order valence-corrected chi connectivity index (χ3v) is 4.24. The van der Waals surface area contributed by atoms with Gasteiger partial charge in [0.1, 0.15) is 11.8 Å². The summed E-state index contributed by atoms with van der Waals surface area (Å²) in [5.74, 6) is -1.20. The SMILES string of the molecule is O=C(N[C@@H](CO)C(=O)N1CCOCC1)c1cc(-n2cccc2)ccc1O. The Bertz CT molecular complexity index is 769. The van der Waals surface area contributed by atoms with Gasteiger partial charge in [-0.05, 0) is 30.3 Å². The number of nitrogens with one attached hydrogen (secondary N) is 1. The molecule has 1 saturated heterocycles. The van der Waals surface area contributed by atoms with Crippen LogP contribution in [0.5, 0.6) is 5.75 Å². The Kier molecular flexibility index (Phi) is 5.55. The van der Waals surface area contributed by atoms with E-state index in [4.69, 9.17) is 4.74 Å². The van der Waals surface area contributed by atoms with Crippen LogP contribution in [0.2, 0.25) is 0 Å². The predicted octanol–water partition coefficient (Wildman–Crippen LogP) is 0.132. The Balaban J connectivity index is 1.75. The normalized spacial score (nSPS) is 15.5. The standard InChI is InChI=1S/C18H21N3O5/c22-12-15(18(25)21-7-9-26-10-8-21)19-17(24)14-11-13(3-4-16(14)23)20-5-1-2-6-20/h1-6,11,15,22-23H,7-10,12H2,(H,19,24)/t15-/m0/s1. The average molecular weight is 359 g/mol. The first kappa shape index (κ1) is 18.0. The average Bonchev–Trinajstić information content (AvgIpc) is 3.21. The fourth-order valence-electron chi connectivity index (χ4n) is 2.80. The number of phenolic OH excluding ortho intramolecular Hbond substituents is 1. The highest BCUT2D eigenvalue weighted by Gasteiger charge is 2.27. The van der Waals surface area contributed by atoms with Crippen LogP contribution in [0.4, 0.5) is 0 Å². The lowest BCUT2D eigenvalue weighted by Crippen LogP contribution is -2.53. The number of nitrogens with zero attached hydrogens (tertiary/aromatic N) is 2. The summed E-state index contributed by atoms with van der Waals surface area (Å²) in [4.78, 5) is 26.6. The highest BCUT2D eigenvalue weighted by Crippen LogP contribution is 2.21. The first-order chi connectivity index (χ1) is 12.6.